The third-order valence-corrected chi connectivity index (χ3v) is 5.45. The molecule has 0 spiro atoms. The van der Waals surface area contributed by atoms with E-state index < -0.39 is 0 Å². The topological polar surface area (TPSA) is 20.3 Å². The van der Waals surface area contributed by atoms with Gasteiger partial charge in [0.1, 0.15) is 5.78 Å². The molecule has 1 heterocycles. The lowest BCUT2D eigenvalue weighted by molar-refractivity contribution is -0.126. The van der Waals surface area contributed by atoms with Crippen LogP contribution in [0, 0.1) is 17.8 Å². The Bertz CT molecular complexity index is 289. The van der Waals surface area contributed by atoms with E-state index in [9.17, 15) is 4.79 Å². The van der Waals surface area contributed by atoms with E-state index in [0.29, 0.717) is 11.7 Å². The van der Waals surface area contributed by atoms with Gasteiger partial charge in [-0.25, -0.2) is 0 Å². The van der Waals surface area contributed by atoms with Crippen LogP contribution in [0.5, 0.6) is 0 Å². The fraction of sp³-hybridized carbons (Fsp3) is 0.941. The molecule has 1 aliphatic heterocycles. The summed E-state index contributed by atoms with van der Waals surface area (Å²) in [5.74, 6) is 2.62. The molecule has 19 heavy (non-hydrogen) atoms. The van der Waals surface area contributed by atoms with Gasteiger partial charge in [-0.3, -0.25) is 4.79 Å². The smallest absolute Gasteiger partial charge is 0.137 e. The van der Waals surface area contributed by atoms with E-state index >= 15 is 0 Å². The average Bonchev–Trinajstić information content (AvgIpc) is 2.66. The molecule has 2 nitrogen and oxygen atoms in total. The van der Waals surface area contributed by atoms with Crippen LogP contribution in [0.2, 0.25) is 0 Å². The van der Waals surface area contributed by atoms with Gasteiger partial charge in [-0.2, -0.15) is 0 Å². The minimum Gasteiger partial charge on any atom is -0.303 e. The number of ketones is 1. The number of likely N-dealkylation sites (tertiary alicyclic amines) is 1. The molecular formula is C17H31NO. The van der Waals surface area contributed by atoms with Crippen LogP contribution in [0.15, 0.2) is 0 Å². The molecule has 110 valence electrons. The predicted octanol–water partition coefficient (Wildman–Crippen LogP) is 3.89. The zero-order valence-corrected chi connectivity index (χ0v) is 12.9. The summed E-state index contributed by atoms with van der Waals surface area (Å²) in [6.45, 7) is 8.08. The van der Waals surface area contributed by atoms with Gasteiger partial charge < -0.3 is 4.90 Å². The molecule has 0 amide bonds. The number of hydrogen-bond acceptors (Lipinski definition) is 2. The lowest BCUT2D eigenvalue weighted by Crippen LogP contribution is -2.37. The van der Waals surface area contributed by atoms with Crippen molar-refractivity contribution in [3.8, 4) is 0 Å². The summed E-state index contributed by atoms with van der Waals surface area (Å²) in [5.41, 5.74) is 0. The summed E-state index contributed by atoms with van der Waals surface area (Å²) < 4.78 is 0. The van der Waals surface area contributed by atoms with Crippen molar-refractivity contribution in [3.05, 3.63) is 0 Å². The first kappa shape index (κ1) is 15.0. The van der Waals surface area contributed by atoms with E-state index in [1.165, 1.54) is 45.2 Å². The van der Waals surface area contributed by atoms with E-state index in [1.54, 1.807) is 0 Å². The van der Waals surface area contributed by atoms with Crippen LogP contribution in [0.1, 0.15) is 65.2 Å². The van der Waals surface area contributed by atoms with Gasteiger partial charge in [-0.05, 0) is 57.0 Å². The van der Waals surface area contributed by atoms with E-state index in [1.807, 2.05) is 0 Å². The van der Waals surface area contributed by atoms with Gasteiger partial charge >= 0.3 is 0 Å². The summed E-state index contributed by atoms with van der Waals surface area (Å²) in [6.07, 6.45) is 9.78. The maximum absolute atomic E-state index is 12.1. The Hall–Kier alpha value is -0.370. The Balaban J connectivity index is 1.83. The highest BCUT2D eigenvalue weighted by Crippen LogP contribution is 2.30. The molecule has 0 aromatic carbocycles. The number of nitrogens with zero attached hydrogens (tertiary/aromatic N) is 1. The van der Waals surface area contributed by atoms with Gasteiger partial charge in [0, 0.05) is 18.9 Å². The third kappa shape index (κ3) is 4.30. The molecule has 3 unspecified atom stereocenters. The van der Waals surface area contributed by atoms with Crippen molar-refractivity contribution >= 4 is 5.78 Å². The third-order valence-electron chi connectivity index (χ3n) is 5.45. The second-order valence-corrected chi connectivity index (χ2v) is 6.72. The first-order valence-corrected chi connectivity index (χ1v) is 8.48. The van der Waals surface area contributed by atoms with Crippen molar-refractivity contribution in [2.75, 3.05) is 19.6 Å². The summed E-state index contributed by atoms with van der Waals surface area (Å²) in [6, 6.07) is 0. The quantitative estimate of drug-likeness (QED) is 0.768. The summed E-state index contributed by atoms with van der Waals surface area (Å²) in [5, 5.41) is 0. The van der Waals surface area contributed by atoms with Crippen molar-refractivity contribution in [2.24, 2.45) is 17.8 Å². The fourth-order valence-electron chi connectivity index (χ4n) is 3.88. The van der Waals surface area contributed by atoms with Gasteiger partial charge in [0.2, 0.25) is 0 Å². The standard InChI is InChI=1S/C17H31NO/c1-3-14-6-5-10-18(11-9-14)13-16-12-15(4-2)7-8-17(16)19/h14-16H,3-13H2,1-2H3. The van der Waals surface area contributed by atoms with Crippen molar-refractivity contribution < 1.29 is 4.79 Å². The molecule has 2 fully saturated rings. The highest BCUT2D eigenvalue weighted by molar-refractivity contribution is 5.81. The first-order chi connectivity index (χ1) is 9.22. The molecule has 0 aromatic heterocycles. The number of carbonyl (C=O) groups is 1. The van der Waals surface area contributed by atoms with E-state index in [0.717, 1.165) is 37.6 Å². The van der Waals surface area contributed by atoms with Crippen molar-refractivity contribution in [1.82, 2.24) is 4.90 Å². The second kappa shape index (κ2) is 7.42. The molecule has 0 radical (unpaired) electrons. The van der Waals surface area contributed by atoms with Crippen LogP contribution in [-0.2, 0) is 4.79 Å². The van der Waals surface area contributed by atoms with Gasteiger partial charge in [0.05, 0.1) is 0 Å². The summed E-state index contributed by atoms with van der Waals surface area (Å²) in [7, 11) is 0. The molecule has 3 atom stereocenters. The van der Waals surface area contributed by atoms with Gasteiger partial charge in [-0.1, -0.05) is 26.7 Å². The Morgan fingerprint density at radius 3 is 2.58 bits per heavy atom. The highest BCUT2D eigenvalue weighted by Gasteiger charge is 2.29. The normalized spacial score (nSPS) is 34.2. The minimum absolute atomic E-state index is 0.344. The second-order valence-electron chi connectivity index (χ2n) is 6.72. The summed E-state index contributed by atoms with van der Waals surface area (Å²) in [4.78, 5) is 14.7. The van der Waals surface area contributed by atoms with Crippen molar-refractivity contribution in [1.29, 1.82) is 0 Å². The van der Waals surface area contributed by atoms with E-state index in [4.69, 9.17) is 0 Å². The van der Waals surface area contributed by atoms with E-state index in [2.05, 4.69) is 18.7 Å². The Labute approximate surface area is 118 Å². The van der Waals surface area contributed by atoms with Crippen LogP contribution in [-0.4, -0.2) is 30.3 Å². The van der Waals surface area contributed by atoms with Gasteiger partial charge in [-0.15, -0.1) is 0 Å². The molecule has 1 saturated carbocycles. The highest BCUT2D eigenvalue weighted by atomic mass is 16.1. The molecule has 0 aromatic rings. The van der Waals surface area contributed by atoms with Crippen molar-refractivity contribution in [2.45, 2.75) is 65.2 Å². The molecule has 0 N–H and O–H groups in total. The molecule has 2 aliphatic rings. The number of Topliss-reactive ketones (excluding diaryl/α,β-unsaturated/α-hetero) is 1. The average molecular weight is 265 g/mol. The molecule has 2 rings (SSSR count). The van der Waals surface area contributed by atoms with Gasteiger partial charge in [0.15, 0.2) is 0 Å². The SMILES string of the molecule is CCC1CCCN(CC2CC(CC)CCC2=O)CC1. The Morgan fingerprint density at radius 2 is 1.84 bits per heavy atom. The Morgan fingerprint density at radius 1 is 1.05 bits per heavy atom. The fourth-order valence-corrected chi connectivity index (χ4v) is 3.88. The molecule has 0 bridgehead atoms. The van der Waals surface area contributed by atoms with Gasteiger partial charge in [0.25, 0.3) is 0 Å². The maximum atomic E-state index is 12.1. The Kier molecular flexibility index (Phi) is 5.87. The lowest BCUT2D eigenvalue weighted by Gasteiger charge is -2.31. The number of rotatable bonds is 4. The first-order valence-electron chi connectivity index (χ1n) is 8.48. The van der Waals surface area contributed by atoms with Crippen molar-refractivity contribution in [3.63, 3.8) is 0 Å². The molecule has 1 aliphatic carbocycles. The monoisotopic (exact) mass is 265 g/mol. The minimum atomic E-state index is 0.344. The van der Waals surface area contributed by atoms with Crippen LogP contribution in [0.4, 0.5) is 0 Å². The van der Waals surface area contributed by atoms with Crippen LogP contribution >= 0.6 is 0 Å². The zero-order chi connectivity index (χ0) is 13.7. The number of carbonyl (C=O) groups excluding carboxylic acids is 1. The van der Waals surface area contributed by atoms with Crippen LogP contribution < -0.4 is 0 Å². The number of hydrogen-bond donors (Lipinski definition) is 0. The predicted molar refractivity (Wildman–Crippen MR) is 80.2 cm³/mol. The van der Waals surface area contributed by atoms with Crippen LogP contribution in [0.25, 0.3) is 0 Å². The molecular weight excluding hydrogens is 234 g/mol. The maximum Gasteiger partial charge on any atom is 0.137 e. The van der Waals surface area contributed by atoms with E-state index in [-0.39, 0.29) is 0 Å². The zero-order valence-electron chi connectivity index (χ0n) is 12.9. The largest absolute Gasteiger partial charge is 0.303 e. The lowest BCUT2D eigenvalue weighted by atomic mass is 9.79. The van der Waals surface area contributed by atoms with Crippen LogP contribution in [0.3, 0.4) is 0 Å². The molecule has 1 saturated heterocycles. The summed E-state index contributed by atoms with van der Waals surface area (Å²) >= 11 is 0. The molecule has 2 heteroatoms.